The Bertz CT molecular complexity index is 361. The third-order valence-corrected chi connectivity index (χ3v) is 1.81. The molecule has 2 nitrogen and oxygen atoms in total. The second-order valence-electron chi connectivity index (χ2n) is 2.69. The monoisotopic (exact) mass is 173 g/mol. The Morgan fingerprint density at radius 1 is 1.54 bits per heavy atom. The molecule has 13 heavy (non-hydrogen) atoms. The molecule has 1 aromatic rings. The van der Waals surface area contributed by atoms with E-state index < -0.39 is 0 Å². The van der Waals surface area contributed by atoms with Gasteiger partial charge in [0.1, 0.15) is 5.75 Å². The van der Waals surface area contributed by atoms with Crippen molar-refractivity contribution in [2.24, 2.45) is 0 Å². The van der Waals surface area contributed by atoms with Crippen molar-refractivity contribution in [1.82, 2.24) is 0 Å². The Hall–Kier alpha value is -1.75. The molecule has 0 saturated heterocycles. The van der Waals surface area contributed by atoms with Crippen LogP contribution in [0.4, 0.5) is 0 Å². The van der Waals surface area contributed by atoms with Gasteiger partial charge in [-0.05, 0) is 30.2 Å². The summed E-state index contributed by atoms with van der Waals surface area (Å²) in [5.41, 5.74) is 1.96. The van der Waals surface area contributed by atoms with Crippen molar-refractivity contribution in [2.45, 2.75) is 6.92 Å². The van der Waals surface area contributed by atoms with E-state index in [1.165, 1.54) is 6.08 Å². The zero-order valence-corrected chi connectivity index (χ0v) is 7.74. The molecule has 0 bridgehead atoms. The van der Waals surface area contributed by atoms with E-state index in [0.717, 1.165) is 16.9 Å². The van der Waals surface area contributed by atoms with Crippen molar-refractivity contribution in [3.63, 3.8) is 0 Å². The highest BCUT2D eigenvalue weighted by atomic mass is 16.5. The molecule has 1 aromatic carbocycles. The Balaban J connectivity index is 3.03. The average Bonchev–Trinajstić information content (AvgIpc) is 2.18. The smallest absolute Gasteiger partial charge is 0.119 e. The summed E-state index contributed by atoms with van der Waals surface area (Å²) in [5, 5.41) is 8.47. The predicted octanol–water partition coefficient (Wildman–Crippen LogP) is 2.62. The fourth-order valence-electron chi connectivity index (χ4n) is 1.05. The number of hydrogen-bond donors (Lipinski definition) is 0. The van der Waals surface area contributed by atoms with Gasteiger partial charge < -0.3 is 4.74 Å². The molecular weight excluding hydrogens is 162 g/mol. The summed E-state index contributed by atoms with van der Waals surface area (Å²) in [6, 6.07) is 9.64. The fraction of sp³-hybridized carbons (Fsp3) is 0.182. The van der Waals surface area contributed by atoms with Crippen molar-refractivity contribution in [2.75, 3.05) is 7.11 Å². The molecule has 66 valence electrons. The number of hydrogen-bond acceptors (Lipinski definition) is 2. The molecule has 2 heteroatoms. The molecule has 0 radical (unpaired) electrons. The van der Waals surface area contributed by atoms with E-state index in [4.69, 9.17) is 10.00 Å². The number of benzene rings is 1. The van der Waals surface area contributed by atoms with Gasteiger partial charge in [0.05, 0.1) is 13.2 Å². The lowest BCUT2D eigenvalue weighted by molar-refractivity contribution is 0.414. The van der Waals surface area contributed by atoms with Crippen molar-refractivity contribution in [1.29, 1.82) is 5.26 Å². The molecule has 0 aliphatic carbocycles. The predicted molar refractivity (Wildman–Crippen MR) is 52.3 cm³/mol. The molecule has 0 amide bonds. The summed E-state index contributed by atoms with van der Waals surface area (Å²) in [4.78, 5) is 0. The van der Waals surface area contributed by atoms with Gasteiger partial charge in [-0.3, -0.25) is 0 Å². The van der Waals surface area contributed by atoms with Gasteiger partial charge in [0, 0.05) is 6.08 Å². The first-order valence-corrected chi connectivity index (χ1v) is 3.98. The van der Waals surface area contributed by atoms with Gasteiger partial charge in [-0.15, -0.1) is 0 Å². The largest absolute Gasteiger partial charge is 0.497 e. The van der Waals surface area contributed by atoms with Crippen LogP contribution in [0, 0.1) is 11.3 Å². The van der Waals surface area contributed by atoms with Gasteiger partial charge in [-0.2, -0.15) is 5.26 Å². The van der Waals surface area contributed by atoms with E-state index in [-0.39, 0.29) is 0 Å². The lowest BCUT2D eigenvalue weighted by Gasteiger charge is -2.02. The minimum Gasteiger partial charge on any atom is -0.497 e. The number of rotatable bonds is 2. The maximum atomic E-state index is 8.47. The highest BCUT2D eigenvalue weighted by Gasteiger charge is 1.96. The lowest BCUT2D eigenvalue weighted by atomic mass is 10.1. The van der Waals surface area contributed by atoms with Crippen LogP contribution in [0.3, 0.4) is 0 Å². The Labute approximate surface area is 78.1 Å². The summed E-state index contributed by atoms with van der Waals surface area (Å²) in [6.07, 6.45) is 1.52. The van der Waals surface area contributed by atoms with Crippen molar-refractivity contribution in [3.05, 3.63) is 35.9 Å². The second-order valence-corrected chi connectivity index (χ2v) is 2.69. The molecule has 0 aliphatic heterocycles. The maximum absolute atomic E-state index is 8.47. The van der Waals surface area contributed by atoms with E-state index >= 15 is 0 Å². The first-order chi connectivity index (χ1) is 6.27. The van der Waals surface area contributed by atoms with E-state index in [1.54, 1.807) is 7.11 Å². The molecule has 0 spiro atoms. The quantitative estimate of drug-likeness (QED) is 0.644. The van der Waals surface area contributed by atoms with Gasteiger partial charge >= 0.3 is 0 Å². The first kappa shape index (κ1) is 9.34. The molecule has 0 heterocycles. The topological polar surface area (TPSA) is 33.0 Å². The number of nitrogens with zero attached hydrogens (tertiary/aromatic N) is 1. The highest BCUT2D eigenvalue weighted by molar-refractivity contribution is 5.66. The number of ether oxygens (including phenoxy) is 1. The molecule has 0 aliphatic rings. The molecule has 1 rings (SSSR count). The van der Waals surface area contributed by atoms with Gasteiger partial charge in [0.25, 0.3) is 0 Å². The van der Waals surface area contributed by atoms with E-state index in [1.807, 2.05) is 37.3 Å². The van der Waals surface area contributed by atoms with Crippen LogP contribution in [0.1, 0.15) is 12.5 Å². The third kappa shape index (κ3) is 2.34. The molecule has 0 fully saturated rings. The van der Waals surface area contributed by atoms with Gasteiger partial charge in [0.2, 0.25) is 0 Å². The van der Waals surface area contributed by atoms with Crippen LogP contribution in [0.5, 0.6) is 5.75 Å². The molecule has 0 saturated carbocycles. The minimum atomic E-state index is 0.809. The third-order valence-electron chi connectivity index (χ3n) is 1.81. The van der Waals surface area contributed by atoms with Crippen molar-refractivity contribution < 1.29 is 4.74 Å². The lowest BCUT2D eigenvalue weighted by Crippen LogP contribution is -1.84. The first-order valence-electron chi connectivity index (χ1n) is 3.98. The zero-order valence-electron chi connectivity index (χ0n) is 7.74. The van der Waals surface area contributed by atoms with Crippen LogP contribution in [-0.2, 0) is 0 Å². The minimum absolute atomic E-state index is 0.809. The highest BCUT2D eigenvalue weighted by Crippen LogP contribution is 2.18. The Morgan fingerprint density at radius 2 is 2.31 bits per heavy atom. The maximum Gasteiger partial charge on any atom is 0.119 e. The number of methoxy groups -OCH3 is 1. The Morgan fingerprint density at radius 3 is 2.92 bits per heavy atom. The summed E-state index contributed by atoms with van der Waals surface area (Å²) in [7, 11) is 1.63. The molecule has 0 aromatic heterocycles. The van der Waals surface area contributed by atoms with Crippen LogP contribution >= 0.6 is 0 Å². The standard InChI is InChI=1S/C11H11NO/c1-9(6-7-12)10-4-3-5-11(8-10)13-2/h3-6,8H,1-2H3. The molecule has 0 unspecified atom stereocenters. The van der Waals surface area contributed by atoms with Crippen LogP contribution in [0.25, 0.3) is 5.57 Å². The molecular formula is C11H11NO. The van der Waals surface area contributed by atoms with Gasteiger partial charge in [0.15, 0.2) is 0 Å². The van der Waals surface area contributed by atoms with Crippen LogP contribution < -0.4 is 4.74 Å². The Kier molecular flexibility index (Phi) is 3.10. The fourth-order valence-corrected chi connectivity index (χ4v) is 1.05. The molecule has 0 N–H and O–H groups in total. The summed E-state index contributed by atoms with van der Waals surface area (Å²) in [5.74, 6) is 0.809. The van der Waals surface area contributed by atoms with E-state index in [9.17, 15) is 0 Å². The normalized spacial score (nSPS) is 10.7. The summed E-state index contributed by atoms with van der Waals surface area (Å²) < 4.78 is 5.07. The zero-order chi connectivity index (χ0) is 9.68. The van der Waals surface area contributed by atoms with Crippen molar-refractivity contribution >= 4 is 5.57 Å². The SMILES string of the molecule is COc1cccc(C(C)=CC#N)c1. The van der Waals surface area contributed by atoms with Crippen LogP contribution in [0.2, 0.25) is 0 Å². The van der Waals surface area contributed by atoms with Crippen LogP contribution in [0.15, 0.2) is 30.3 Å². The van der Waals surface area contributed by atoms with E-state index in [2.05, 4.69) is 0 Å². The van der Waals surface area contributed by atoms with E-state index in [0.29, 0.717) is 0 Å². The number of nitriles is 1. The van der Waals surface area contributed by atoms with Crippen molar-refractivity contribution in [3.8, 4) is 11.8 Å². The van der Waals surface area contributed by atoms with Crippen LogP contribution in [-0.4, -0.2) is 7.11 Å². The summed E-state index contributed by atoms with van der Waals surface area (Å²) in [6.45, 7) is 1.90. The average molecular weight is 173 g/mol. The van der Waals surface area contributed by atoms with Gasteiger partial charge in [-0.25, -0.2) is 0 Å². The van der Waals surface area contributed by atoms with Gasteiger partial charge in [-0.1, -0.05) is 12.1 Å². The second kappa shape index (κ2) is 4.32. The molecule has 0 atom stereocenters. The number of allylic oxidation sites excluding steroid dienone is 2. The summed E-state index contributed by atoms with van der Waals surface area (Å²) >= 11 is 0.